The topological polar surface area (TPSA) is 57.5 Å². The van der Waals surface area contributed by atoms with E-state index in [9.17, 15) is 9.59 Å². The molecule has 26 heavy (non-hydrogen) atoms. The molecule has 0 spiro atoms. The van der Waals surface area contributed by atoms with Gasteiger partial charge in [0.2, 0.25) is 0 Å². The number of nitrogens with zero attached hydrogens (tertiary/aromatic N) is 1. The smallest absolute Gasteiger partial charge is 0.358 e. The number of halogens is 2. The Kier molecular flexibility index (Phi) is 6.95. The molecule has 1 aromatic heterocycles. The van der Waals surface area contributed by atoms with Crippen LogP contribution in [0.25, 0.3) is 10.8 Å². The van der Waals surface area contributed by atoms with Crippen molar-refractivity contribution >= 4 is 39.9 Å². The highest BCUT2D eigenvalue weighted by Crippen LogP contribution is 2.35. The molecule has 0 amide bonds. The van der Waals surface area contributed by atoms with Crippen molar-refractivity contribution in [1.82, 2.24) is 4.57 Å². The van der Waals surface area contributed by atoms with E-state index in [2.05, 4.69) is 0 Å². The third kappa shape index (κ3) is 3.99. The lowest BCUT2D eigenvalue weighted by molar-refractivity contribution is 0.0504. The van der Waals surface area contributed by atoms with Gasteiger partial charge in [-0.05, 0) is 39.3 Å². The van der Waals surface area contributed by atoms with Gasteiger partial charge >= 0.3 is 5.97 Å². The third-order valence-corrected chi connectivity index (χ3v) is 4.66. The molecule has 2 aromatic rings. The highest BCUT2D eigenvalue weighted by Gasteiger charge is 2.26. The molecule has 0 atom stereocenters. The number of hydrogen-bond acceptors (Lipinski definition) is 4. The molecule has 2 rings (SSSR count). The molecular formula is C19H23Cl2NO4. The third-order valence-electron chi connectivity index (χ3n) is 3.94. The van der Waals surface area contributed by atoms with E-state index in [0.717, 1.165) is 12.8 Å². The van der Waals surface area contributed by atoms with Gasteiger partial charge in [-0.3, -0.25) is 9.36 Å². The van der Waals surface area contributed by atoms with Crippen molar-refractivity contribution in [3.8, 4) is 5.75 Å². The Labute approximate surface area is 162 Å². The van der Waals surface area contributed by atoms with Gasteiger partial charge < -0.3 is 9.47 Å². The van der Waals surface area contributed by atoms with Gasteiger partial charge in [-0.1, -0.05) is 36.5 Å². The quantitative estimate of drug-likeness (QED) is 0.471. The average Bonchev–Trinajstić information content (AvgIpc) is 2.58. The van der Waals surface area contributed by atoms with Crippen molar-refractivity contribution in [2.45, 2.75) is 46.6 Å². The van der Waals surface area contributed by atoms with Gasteiger partial charge in [0.05, 0.1) is 28.6 Å². The molecule has 1 heterocycles. The zero-order valence-electron chi connectivity index (χ0n) is 15.4. The van der Waals surface area contributed by atoms with E-state index in [1.807, 2.05) is 20.8 Å². The monoisotopic (exact) mass is 399 g/mol. The predicted octanol–water partition coefficient (Wildman–Crippen LogP) is 5.24. The minimum absolute atomic E-state index is 0.105. The average molecular weight is 400 g/mol. The van der Waals surface area contributed by atoms with Crippen LogP contribution in [0.5, 0.6) is 5.75 Å². The van der Waals surface area contributed by atoms with Crippen LogP contribution in [-0.4, -0.2) is 23.8 Å². The Morgan fingerprint density at radius 2 is 1.77 bits per heavy atom. The van der Waals surface area contributed by atoms with E-state index in [0.29, 0.717) is 23.1 Å². The largest absolute Gasteiger partial charge is 0.490 e. The number of ether oxygens (including phenoxy) is 2. The zero-order valence-corrected chi connectivity index (χ0v) is 16.9. The Balaban J connectivity index is 2.90. The summed E-state index contributed by atoms with van der Waals surface area (Å²) in [6, 6.07) is 2.81. The molecule has 0 aliphatic heterocycles. The number of rotatable bonds is 7. The molecule has 0 unspecified atom stereocenters. The SMILES string of the molecule is CCCCOc1c(C(=O)OCC)n(C(C)C)c(=O)c2cc(Cl)c(Cl)cc12. The first-order valence-corrected chi connectivity index (χ1v) is 9.46. The standard InChI is InChI=1S/C19H23Cl2NO4/c1-5-7-8-26-17-12-9-14(20)15(21)10-13(12)18(23)22(11(3)4)16(17)19(24)25-6-2/h9-11H,5-8H2,1-4H3. The molecule has 0 radical (unpaired) electrons. The molecule has 0 saturated carbocycles. The molecular weight excluding hydrogens is 377 g/mol. The van der Waals surface area contributed by atoms with Gasteiger partial charge in [-0.2, -0.15) is 0 Å². The van der Waals surface area contributed by atoms with Crippen molar-refractivity contribution in [1.29, 1.82) is 0 Å². The van der Waals surface area contributed by atoms with Crippen LogP contribution in [0.15, 0.2) is 16.9 Å². The summed E-state index contributed by atoms with van der Waals surface area (Å²) in [6.07, 6.45) is 1.75. The number of aromatic nitrogens is 1. The van der Waals surface area contributed by atoms with Gasteiger partial charge in [0, 0.05) is 11.4 Å². The maximum atomic E-state index is 13.0. The van der Waals surface area contributed by atoms with E-state index in [-0.39, 0.29) is 33.9 Å². The van der Waals surface area contributed by atoms with Gasteiger partial charge in [-0.15, -0.1) is 0 Å². The minimum atomic E-state index is -0.599. The summed E-state index contributed by atoms with van der Waals surface area (Å²) in [5, 5.41) is 1.37. The van der Waals surface area contributed by atoms with Crippen LogP contribution in [0.4, 0.5) is 0 Å². The van der Waals surface area contributed by atoms with Gasteiger partial charge in [0.25, 0.3) is 5.56 Å². The number of benzene rings is 1. The summed E-state index contributed by atoms with van der Waals surface area (Å²) < 4.78 is 12.5. The summed E-state index contributed by atoms with van der Waals surface area (Å²) in [5.41, 5.74) is -0.228. The van der Waals surface area contributed by atoms with Crippen LogP contribution in [0.2, 0.25) is 10.0 Å². The van der Waals surface area contributed by atoms with Crippen molar-refractivity contribution < 1.29 is 14.3 Å². The summed E-state index contributed by atoms with van der Waals surface area (Å²) >= 11 is 12.3. The van der Waals surface area contributed by atoms with Crippen molar-refractivity contribution in [2.75, 3.05) is 13.2 Å². The molecule has 7 heteroatoms. The maximum absolute atomic E-state index is 13.0. The summed E-state index contributed by atoms with van der Waals surface area (Å²) in [5.74, 6) is -0.295. The number of hydrogen-bond donors (Lipinski definition) is 0. The lowest BCUT2D eigenvalue weighted by Crippen LogP contribution is -2.30. The molecule has 0 fully saturated rings. The van der Waals surface area contributed by atoms with Crippen LogP contribution in [-0.2, 0) is 4.74 Å². The van der Waals surface area contributed by atoms with E-state index in [1.54, 1.807) is 13.0 Å². The Hall–Kier alpha value is -1.72. The fraction of sp³-hybridized carbons (Fsp3) is 0.474. The molecule has 0 aliphatic carbocycles. The van der Waals surface area contributed by atoms with Crippen LogP contribution in [0.1, 0.15) is 57.1 Å². The second kappa shape index (κ2) is 8.78. The van der Waals surface area contributed by atoms with E-state index in [1.165, 1.54) is 10.6 Å². The zero-order chi connectivity index (χ0) is 19.4. The lowest BCUT2D eigenvalue weighted by Gasteiger charge is -2.21. The molecule has 5 nitrogen and oxygen atoms in total. The second-order valence-electron chi connectivity index (χ2n) is 6.18. The number of carbonyl (C=O) groups excluding carboxylic acids is 1. The first kappa shape index (κ1) is 20.6. The summed E-state index contributed by atoms with van der Waals surface area (Å²) in [7, 11) is 0. The molecule has 0 saturated heterocycles. The van der Waals surface area contributed by atoms with Crippen LogP contribution < -0.4 is 10.3 Å². The second-order valence-corrected chi connectivity index (χ2v) is 7.00. The first-order chi connectivity index (χ1) is 12.3. The number of unbranched alkanes of at least 4 members (excludes halogenated alkanes) is 1. The van der Waals surface area contributed by atoms with Gasteiger partial charge in [0.1, 0.15) is 0 Å². The Morgan fingerprint density at radius 1 is 1.15 bits per heavy atom. The van der Waals surface area contributed by atoms with E-state index >= 15 is 0 Å². The summed E-state index contributed by atoms with van der Waals surface area (Å²) in [6.45, 7) is 8.00. The molecule has 0 aliphatic rings. The highest BCUT2D eigenvalue weighted by atomic mass is 35.5. The fourth-order valence-corrected chi connectivity index (χ4v) is 3.06. The highest BCUT2D eigenvalue weighted by molar-refractivity contribution is 6.42. The fourth-order valence-electron chi connectivity index (χ4n) is 2.73. The van der Waals surface area contributed by atoms with Crippen LogP contribution in [0, 0.1) is 0 Å². The molecule has 0 bridgehead atoms. The Morgan fingerprint density at radius 3 is 2.31 bits per heavy atom. The summed E-state index contributed by atoms with van der Waals surface area (Å²) in [4.78, 5) is 25.7. The van der Waals surface area contributed by atoms with Crippen molar-refractivity contribution in [3.05, 3.63) is 38.2 Å². The lowest BCUT2D eigenvalue weighted by atomic mass is 10.1. The number of pyridine rings is 1. The predicted molar refractivity (Wildman–Crippen MR) is 105 cm³/mol. The molecule has 0 N–H and O–H groups in total. The van der Waals surface area contributed by atoms with Crippen molar-refractivity contribution in [3.63, 3.8) is 0 Å². The van der Waals surface area contributed by atoms with Gasteiger partial charge in [-0.25, -0.2) is 4.79 Å². The van der Waals surface area contributed by atoms with E-state index < -0.39 is 5.97 Å². The van der Waals surface area contributed by atoms with Crippen LogP contribution in [0.3, 0.4) is 0 Å². The maximum Gasteiger partial charge on any atom is 0.358 e. The number of carbonyl (C=O) groups is 1. The van der Waals surface area contributed by atoms with Gasteiger partial charge in [0.15, 0.2) is 11.4 Å². The minimum Gasteiger partial charge on any atom is -0.490 e. The van der Waals surface area contributed by atoms with E-state index in [4.69, 9.17) is 32.7 Å². The number of esters is 1. The number of fused-ring (bicyclic) bond motifs is 1. The Bertz CT molecular complexity index is 874. The molecule has 1 aromatic carbocycles. The van der Waals surface area contributed by atoms with Crippen molar-refractivity contribution in [2.24, 2.45) is 0 Å². The molecule has 142 valence electrons. The van der Waals surface area contributed by atoms with Crippen LogP contribution >= 0.6 is 23.2 Å². The normalized spacial score (nSPS) is 11.2. The first-order valence-electron chi connectivity index (χ1n) is 8.70.